The van der Waals surface area contributed by atoms with Gasteiger partial charge in [-0.15, -0.1) is 0 Å². The van der Waals surface area contributed by atoms with Gasteiger partial charge in [0.25, 0.3) is 0 Å². The van der Waals surface area contributed by atoms with E-state index in [2.05, 4.69) is 39.5 Å². The van der Waals surface area contributed by atoms with Crippen molar-refractivity contribution in [3.05, 3.63) is 75.4 Å². The zero-order chi connectivity index (χ0) is 25.1. The summed E-state index contributed by atoms with van der Waals surface area (Å²) >= 11 is 0. The van der Waals surface area contributed by atoms with E-state index in [1.165, 1.54) is 0 Å². The van der Waals surface area contributed by atoms with E-state index in [1.54, 1.807) is 0 Å². The molecule has 0 aliphatic carbocycles. The van der Waals surface area contributed by atoms with Crippen molar-refractivity contribution >= 4 is 35.9 Å². The molecule has 0 aliphatic rings. The molecule has 170 valence electrons. The summed E-state index contributed by atoms with van der Waals surface area (Å²) in [5.74, 6) is -8.80. The average Bonchev–Trinajstić information content (AvgIpc) is 2.82. The first kappa shape index (κ1) is 26.0. The van der Waals surface area contributed by atoms with E-state index >= 15 is 0 Å². The predicted molar refractivity (Wildman–Crippen MR) is 116 cm³/mol. The molecule has 0 atom stereocenters. The van der Waals surface area contributed by atoms with Gasteiger partial charge in [0.2, 0.25) is 17.2 Å². The highest BCUT2D eigenvalue weighted by Crippen LogP contribution is 2.54. The number of rotatable bonds is 11. The largest absolute Gasteiger partial charge is 0.418 e. The van der Waals surface area contributed by atoms with E-state index in [-0.39, 0.29) is 5.56 Å². The quantitative estimate of drug-likeness (QED) is 0.279. The zero-order valence-electron chi connectivity index (χ0n) is 17.3. The van der Waals surface area contributed by atoms with Gasteiger partial charge < -0.3 is 23.7 Å². The Morgan fingerprint density at radius 1 is 0.424 bits per heavy atom. The Labute approximate surface area is 188 Å². The van der Waals surface area contributed by atoms with E-state index in [0.29, 0.717) is 0 Å². The minimum Gasteiger partial charge on any atom is -0.418 e. The first-order valence-electron chi connectivity index (χ1n) is 8.74. The third-order valence-corrected chi connectivity index (χ3v) is 3.36. The summed E-state index contributed by atoms with van der Waals surface area (Å²) in [6.07, 6.45) is 4.77. The molecular weight excluding hydrogens is 436 g/mol. The van der Waals surface area contributed by atoms with Crippen LogP contribution in [0.5, 0.6) is 28.7 Å². The molecule has 33 heavy (non-hydrogen) atoms. The van der Waals surface area contributed by atoms with Gasteiger partial charge in [0, 0.05) is 30.4 Å². The Morgan fingerprint density at radius 2 is 0.636 bits per heavy atom. The molecule has 0 spiro atoms. The van der Waals surface area contributed by atoms with Crippen LogP contribution in [0.25, 0.3) is 6.08 Å². The molecule has 0 aromatic heterocycles. The van der Waals surface area contributed by atoms with Crippen LogP contribution in [0.4, 0.5) is 0 Å². The third kappa shape index (κ3) is 6.49. The fraction of sp³-hybridized carbons (Fsp3) is 0. The van der Waals surface area contributed by atoms with Crippen LogP contribution in [0.2, 0.25) is 0 Å². The Morgan fingerprint density at radius 3 is 0.848 bits per heavy atom. The van der Waals surface area contributed by atoms with Crippen LogP contribution in [0.3, 0.4) is 0 Å². The molecular formula is C23H18O10. The van der Waals surface area contributed by atoms with Crippen molar-refractivity contribution in [2.24, 2.45) is 0 Å². The lowest BCUT2D eigenvalue weighted by Crippen LogP contribution is -2.17. The van der Waals surface area contributed by atoms with Crippen LogP contribution in [0.1, 0.15) is 5.56 Å². The molecule has 10 heteroatoms. The molecule has 0 radical (unpaired) electrons. The van der Waals surface area contributed by atoms with Gasteiger partial charge in [-0.3, -0.25) is 0 Å². The highest BCUT2D eigenvalue weighted by Gasteiger charge is 2.34. The highest BCUT2D eigenvalue weighted by molar-refractivity contribution is 5.95. The molecule has 0 unspecified atom stereocenters. The highest BCUT2D eigenvalue weighted by atomic mass is 16.6. The average molecular weight is 454 g/mol. The summed E-state index contributed by atoms with van der Waals surface area (Å²) in [5, 5.41) is 0. The van der Waals surface area contributed by atoms with Crippen molar-refractivity contribution in [3.63, 3.8) is 0 Å². The molecule has 0 N–H and O–H groups in total. The Balaban J connectivity index is 4.26. The molecule has 1 aromatic carbocycles. The van der Waals surface area contributed by atoms with Gasteiger partial charge in [-0.2, -0.15) is 0 Å². The van der Waals surface area contributed by atoms with Gasteiger partial charge in [0.1, 0.15) is 0 Å². The van der Waals surface area contributed by atoms with Crippen molar-refractivity contribution in [2.75, 3.05) is 0 Å². The topological polar surface area (TPSA) is 132 Å². The van der Waals surface area contributed by atoms with E-state index in [0.717, 1.165) is 36.5 Å². The second-order valence-corrected chi connectivity index (χ2v) is 5.39. The lowest BCUT2D eigenvalue weighted by Gasteiger charge is -2.21. The molecule has 0 bridgehead atoms. The van der Waals surface area contributed by atoms with Crippen LogP contribution in [-0.4, -0.2) is 29.8 Å². The van der Waals surface area contributed by atoms with Crippen LogP contribution < -0.4 is 23.7 Å². The smallest absolute Gasteiger partial charge is 0.335 e. The van der Waals surface area contributed by atoms with Gasteiger partial charge >= 0.3 is 29.8 Å². The van der Waals surface area contributed by atoms with Crippen LogP contribution in [0, 0.1) is 0 Å². The molecule has 0 fully saturated rings. The summed E-state index contributed by atoms with van der Waals surface area (Å²) in [6.45, 7) is 19.8. The number of ether oxygens (including phenoxy) is 5. The fourth-order valence-electron chi connectivity index (χ4n) is 2.03. The molecule has 1 aromatic rings. The Hall–Kier alpha value is -4.99. The van der Waals surface area contributed by atoms with Gasteiger partial charge in [0.15, 0.2) is 11.5 Å². The van der Waals surface area contributed by atoms with E-state index in [9.17, 15) is 24.0 Å². The summed E-state index contributed by atoms with van der Waals surface area (Å²) < 4.78 is 25.5. The molecule has 0 heterocycles. The van der Waals surface area contributed by atoms with Crippen molar-refractivity contribution in [1.29, 1.82) is 0 Å². The maximum absolute atomic E-state index is 12.0. The maximum Gasteiger partial charge on any atom is 0.335 e. The SMILES string of the molecule is C=CC(=O)Oc1c(C=C)c(OC(=O)C=C)c(OC(=O)C=C)c(OC(=O)C=C)c1OC(=O)C=C. The Kier molecular flexibility index (Phi) is 9.48. The summed E-state index contributed by atoms with van der Waals surface area (Å²) in [6, 6.07) is 0. The molecule has 1 rings (SSSR count). The first-order valence-corrected chi connectivity index (χ1v) is 8.74. The number of benzene rings is 1. The van der Waals surface area contributed by atoms with E-state index in [1.807, 2.05) is 0 Å². The summed E-state index contributed by atoms with van der Waals surface area (Å²) in [7, 11) is 0. The van der Waals surface area contributed by atoms with Gasteiger partial charge in [-0.25, -0.2) is 24.0 Å². The Bertz CT molecular complexity index is 1020. The fourth-order valence-corrected chi connectivity index (χ4v) is 2.03. The molecule has 10 nitrogen and oxygen atoms in total. The second kappa shape index (κ2) is 12.0. The van der Waals surface area contributed by atoms with Gasteiger partial charge in [0.05, 0.1) is 5.56 Å². The molecule has 0 aliphatic heterocycles. The normalized spacial score (nSPS) is 9.33. The minimum absolute atomic E-state index is 0.308. The van der Waals surface area contributed by atoms with Crippen molar-refractivity contribution in [1.82, 2.24) is 0 Å². The number of esters is 5. The maximum atomic E-state index is 12.0. The number of carbonyl (C=O) groups is 5. The number of hydrogen-bond donors (Lipinski definition) is 0. The minimum atomic E-state index is -1.12. The van der Waals surface area contributed by atoms with Crippen molar-refractivity contribution in [3.8, 4) is 28.7 Å². The molecule has 0 saturated heterocycles. The van der Waals surface area contributed by atoms with Crippen molar-refractivity contribution in [2.45, 2.75) is 0 Å². The molecule has 0 amide bonds. The third-order valence-electron chi connectivity index (χ3n) is 3.36. The van der Waals surface area contributed by atoms with Gasteiger partial charge in [-0.1, -0.05) is 45.5 Å². The lowest BCUT2D eigenvalue weighted by molar-refractivity contribution is -0.133. The number of carbonyl (C=O) groups excluding carboxylic acids is 5. The molecule has 0 saturated carbocycles. The van der Waals surface area contributed by atoms with E-state index in [4.69, 9.17) is 23.7 Å². The van der Waals surface area contributed by atoms with Crippen LogP contribution in [0.15, 0.2) is 69.9 Å². The van der Waals surface area contributed by atoms with Crippen LogP contribution >= 0.6 is 0 Å². The zero-order valence-corrected chi connectivity index (χ0v) is 17.3. The van der Waals surface area contributed by atoms with Crippen LogP contribution in [-0.2, 0) is 24.0 Å². The summed E-state index contributed by atoms with van der Waals surface area (Å²) in [5.41, 5.74) is -0.308. The second-order valence-electron chi connectivity index (χ2n) is 5.39. The summed E-state index contributed by atoms with van der Waals surface area (Å²) in [4.78, 5) is 59.9. The lowest BCUT2D eigenvalue weighted by atomic mass is 10.1. The van der Waals surface area contributed by atoms with Crippen molar-refractivity contribution < 1.29 is 47.7 Å². The monoisotopic (exact) mass is 454 g/mol. The predicted octanol–water partition coefficient (Wildman–Crippen LogP) is 2.79. The standard InChI is InChI=1S/C23H18O10/c1-7-13-19(29-14(24)8-2)21(31-16(26)10-4)23(33-18(28)12-6)22(32-17(27)11-5)20(13)30-15(25)9-3/h7-12H,1-6H2. The number of hydrogen-bond acceptors (Lipinski definition) is 10. The van der Waals surface area contributed by atoms with Gasteiger partial charge in [-0.05, 0) is 0 Å². The first-order chi connectivity index (χ1) is 15.7. The van der Waals surface area contributed by atoms with E-state index < -0.39 is 58.6 Å².